The molecule has 0 aromatic heterocycles. The van der Waals surface area contributed by atoms with Gasteiger partial charge in [0.1, 0.15) is 0 Å². The molecule has 0 saturated carbocycles. The second kappa shape index (κ2) is 11.9. The summed E-state index contributed by atoms with van der Waals surface area (Å²) in [6.07, 6.45) is 6.54. The highest BCUT2D eigenvalue weighted by molar-refractivity contribution is 8.18. The molecular weight excluding hydrogens is 402 g/mol. The van der Waals surface area contributed by atoms with Crippen LogP contribution in [-0.4, -0.2) is 40.6 Å². The van der Waals surface area contributed by atoms with Crippen molar-refractivity contribution in [1.29, 1.82) is 0 Å². The van der Waals surface area contributed by atoms with E-state index >= 15 is 0 Å². The summed E-state index contributed by atoms with van der Waals surface area (Å²) in [6, 6.07) is 18.2. The fraction of sp³-hybridized carbons (Fsp3) is 0.385. The number of amides is 1. The highest BCUT2D eigenvalue weighted by Crippen LogP contribution is 2.34. The molecular formula is C26H33N3OS. The smallest absolute Gasteiger partial charge is 0.267 e. The number of aryl methyl sites for hydroxylation is 1. The van der Waals surface area contributed by atoms with Crippen molar-refractivity contribution in [2.24, 2.45) is 4.99 Å². The third kappa shape index (κ3) is 6.81. The maximum Gasteiger partial charge on any atom is 0.267 e. The van der Waals surface area contributed by atoms with E-state index in [2.05, 4.69) is 37.8 Å². The van der Waals surface area contributed by atoms with Crippen molar-refractivity contribution in [1.82, 2.24) is 9.80 Å². The molecule has 1 fully saturated rings. The van der Waals surface area contributed by atoms with Gasteiger partial charge < -0.3 is 0 Å². The number of hydrogen-bond acceptors (Lipinski definition) is 4. The Morgan fingerprint density at radius 2 is 1.61 bits per heavy atom. The Bertz CT molecular complexity index is 898. The van der Waals surface area contributed by atoms with E-state index in [1.165, 1.54) is 17.3 Å². The summed E-state index contributed by atoms with van der Waals surface area (Å²) in [5.74, 6) is 0.0395. The van der Waals surface area contributed by atoms with Gasteiger partial charge in [0.05, 0.1) is 17.3 Å². The Hall–Kier alpha value is -2.37. The number of unbranched alkanes of at least 4 members (excludes halogenated alkanes) is 2. The molecule has 0 radical (unpaired) electrons. The van der Waals surface area contributed by atoms with Crippen LogP contribution in [0.5, 0.6) is 0 Å². The van der Waals surface area contributed by atoms with Crippen molar-refractivity contribution in [3.05, 3.63) is 70.6 Å². The first kappa shape index (κ1) is 23.3. The average Bonchev–Trinajstić information content (AvgIpc) is 3.06. The number of hydrogen-bond donors (Lipinski definition) is 0. The van der Waals surface area contributed by atoms with Crippen molar-refractivity contribution in [3.63, 3.8) is 0 Å². The van der Waals surface area contributed by atoms with E-state index in [1.807, 2.05) is 53.4 Å². The fourth-order valence-electron chi connectivity index (χ4n) is 3.36. The molecule has 5 heteroatoms. The Labute approximate surface area is 191 Å². The molecule has 31 heavy (non-hydrogen) atoms. The quantitative estimate of drug-likeness (QED) is 0.402. The lowest BCUT2D eigenvalue weighted by Gasteiger charge is -2.27. The zero-order valence-electron chi connectivity index (χ0n) is 18.9. The number of amidine groups is 1. The van der Waals surface area contributed by atoms with Gasteiger partial charge in [-0.05, 0) is 68.4 Å². The zero-order valence-corrected chi connectivity index (χ0v) is 19.7. The minimum Gasteiger partial charge on any atom is -0.286 e. The summed E-state index contributed by atoms with van der Waals surface area (Å²) in [5, 5.41) is 0.758. The molecule has 1 saturated heterocycles. The number of benzene rings is 2. The van der Waals surface area contributed by atoms with Crippen LogP contribution in [0.4, 0.5) is 5.69 Å². The van der Waals surface area contributed by atoms with Crippen LogP contribution in [-0.2, 0) is 4.79 Å². The third-order valence-electron chi connectivity index (χ3n) is 5.24. The van der Waals surface area contributed by atoms with Gasteiger partial charge in [-0.2, -0.15) is 0 Å². The lowest BCUT2D eigenvalue weighted by molar-refractivity contribution is -0.123. The lowest BCUT2D eigenvalue weighted by Crippen LogP contribution is -2.41. The lowest BCUT2D eigenvalue weighted by atomic mass is 10.2. The molecule has 0 spiro atoms. The van der Waals surface area contributed by atoms with Gasteiger partial charge >= 0.3 is 0 Å². The largest absolute Gasteiger partial charge is 0.286 e. The third-order valence-corrected chi connectivity index (χ3v) is 6.25. The van der Waals surface area contributed by atoms with Crippen LogP contribution in [0.1, 0.15) is 50.7 Å². The maximum absolute atomic E-state index is 13.4. The summed E-state index contributed by atoms with van der Waals surface area (Å²) in [5.41, 5.74) is 3.11. The first-order chi connectivity index (χ1) is 15.1. The molecule has 1 aliphatic heterocycles. The minimum atomic E-state index is 0.0395. The molecule has 0 bridgehead atoms. The van der Waals surface area contributed by atoms with Gasteiger partial charge in [0, 0.05) is 0 Å². The zero-order chi connectivity index (χ0) is 22.1. The van der Waals surface area contributed by atoms with Crippen LogP contribution in [0, 0.1) is 6.92 Å². The van der Waals surface area contributed by atoms with Crippen LogP contribution in [0.3, 0.4) is 0 Å². The summed E-state index contributed by atoms with van der Waals surface area (Å²) in [6.45, 7) is 9.07. The predicted molar refractivity (Wildman–Crippen MR) is 133 cm³/mol. The Morgan fingerprint density at radius 3 is 2.23 bits per heavy atom. The van der Waals surface area contributed by atoms with E-state index in [-0.39, 0.29) is 5.91 Å². The Kier molecular flexibility index (Phi) is 8.92. The second-order valence-corrected chi connectivity index (χ2v) is 8.96. The molecule has 4 nitrogen and oxygen atoms in total. The first-order valence-electron chi connectivity index (χ1n) is 11.2. The summed E-state index contributed by atoms with van der Waals surface area (Å²) in [4.78, 5) is 23.2. The van der Waals surface area contributed by atoms with Crippen LogP contribution in [0.25, 0.3) is 6.08 Å². The van der Waals surface area contributed by atoms with Gasteiger partial charge in [0.25, 0.3) is 5.91 Å². The minimum absolute atomic E-state index is 0.0395. The van der Waals surface area contributed by atoms with E-state index in [4.69, 9.17) is 4.99 Å². The van der Waals surface area contributed by atoms with Crippen molar-refractivity contribution < 1.29 is 4.79 Å². The summed E-state index contributed by atoms with van der Waals surface area (Å²) >= 11 is 1.47. The molecule has 1 aliphatic rings. The van der Waals surface area contributed by atoms with Crippen molar-refractivity contribution in [2.45, 2.75) is 46.5 Å². The van der Waals surface area contributed by atoms with Crippen LogP contribution in [0.15, 0.2) is 64.5 Å². The molecule has 0 N–H and O–H groups in total. The molecule has 1 heterocycles. The number of nitrogens with zero attached hydrogens (tertiary/aromatic N) is 3. The molecule has 1 amide bonds. The van der Waals surface area contributed by atoms with Crippen LogP contribution < -0.4 is 0 Å². The molecule has 0 unspecified atom stereocenters. The average molecular weight is 436 g/mol. The molecule has 3 rings (SSSR count). The summed E-state index contributed by atoms with van der Waals surface area (Å²) < 4.78 is 0. The SMILES string of the molecule is CCCCN(CCCC)CN1C(=O)/C(=C\c2ccccc2)SC1=Nc1ccc(C)cc1. The highest BCUT2D eigenvalue weighted by Gasteiger charge is 2.34. The van der Waals surface area contributed by atoms with Gasteiger partial charge in [-0.3, -0.25) is 14.6 Å². The normalized spacial score (nSPS) is 16.8. The number of aliphatic imine (C=N–C) groups is 1. The van der Waals surface area contributed by atoms with Crippen LogP contribution >= 0.6 is 11.8 Å². The fourth-order valence-corrected chi connectivity index (χ4v) is 4.35. The topological polar surface area (TPSA) is 35.9 Å². The monoisotopic (exact) mass is 435 g/mol. The van der Waals surface area contributed by atoms with Crippen molar-refractivity contribution >= 4 is 34.6 Å². The van der Waals surface area contributed by atoms with E-state index in [0.29, 0.717) is 6.67 Å². The molecule has 0 aliphatic carbocycles. The number of thioether (sulfide) groups is 1. The van der Waals surface area contributed by atoms with Crippen molar-refractivity contribution in [3.8, 4) is 0 Å². The number of carbonyl (C=O) groups is 1. The molecule has 0 atom stereocenters. The molecule has 164 valence electrons. The standard InChI is InChI=1S/C26H33N3OS/c1-4-6-17-28(18-7-5-2)20-29-25(30)24(19-22-11-9-8-10-12-22)31-26(29)27-23-15-13-21(3)14-16-23/h8-16,19H,4-7,17-18,20H2,1-3H3/b24-19+,27-26?. The van der Waals surface area contributed by atoms with Gasteiger partial charge in [0.2, 0.25) is 0 Å². The summed E-state index contributed by atoms with van der Waals surface area (Å²) in [7, 11) is 0. The first-order valence-corrected chi connectivity index (χ1v) is 12.1. The van der Waals surface area contributed by atoms with Crippen LogP contribution in [0.2, 0.25) is 0 Å². The number of carbonyl (C=O) groups excluding carboxylic acids is 1. The Morgan fingerprint density at radius 1 is 0.968 bits per heavy atom. The molecule has 2 aromatic rings. The van der Waals surface area contributed by atoms with Gasteiger partial charge in [-0.15, -0.1) is 0 Å². The maximum atomic E-state index is 13.4. The number of rotatable bonds is 10. The van der Waals surface area contributed by atoms with E-state index in [0.717, 1.165) is 60.1 Å². The second-order valence-electron chi connectivity index (χ2n) is 7.95. The highest BCUT2D eigenvalue weighted by atomic mass is 32.2. The van der Waals surface area contributed by atoms with E-state index < -0.39 is 0 Å². The van der Waals surface area contributed by atoms with Gasteiger partial charge in [0.15, 0.2) is 5.17 Å². The van der Waals surface area contributed by atoms with Gasteiger partial charge in [-0.1, -0.05) is 74.7 Å². The van der Waals surface area contributed by atoms with Gasteiger partial charge in [-0.25, -0.2) is 4.99 Å². The predicted octanol–water partition coefficient (Wildman–Crippen LogP) is 6.46. The molecule has 2 aromatic carbocycles. The van der Waals surface area contributed by atoms with E-state index in [1.54, 1.807) is 0 Å². The Balaban J connectivity index is 1.89. The van der Waals surface area contributed by atoms with E-state index in [9.17, 15) is 4.79 Å². The van der Waals surface area contributed by atoms with Crippen molar-refractivity contribution in [2.75, 3.05) is 19.8 Å².